The number of nitrogens with zero attached hydrogens (tertiary/aromatic N) is 2. The van der Waals surface area contributed by atoms with Gasteiger partial charge in [0.2, 0.25) is 0 Å². The zero-order valence-corrected chi connectivity index (χ0v) is 13.0. The average molecular weight is 312 g/mol. The molecule has 0 saturated heterocycles. The molecule has 0 aliphatic heterocycles. The van der Waals surface area contributed by atoms with E-state index in [1.165, 1.54) is 17.1 Å². The summed E-state index contributed by atoms with van der Waals surface area (Å²) in [5.74, 6) is -0.363. The van der Waals surface area contributed by atoms with Crippen molar-refractivity contribution in [2.75, 3.05) is 11.9 Å². The largest absolute Gasteiger partial charge is 0.450 e. The predicted octanol–water partition coefficient (Wildman–Crippen LogP) is 1.71. The minimum Gasteiger partial charge on any atom is -0.450 e. The maximum Gasteiger partial charge on any atom is 0.415 e. The van der Waals surface area contributed by atoms with Crippen LogP contribution in [0.5, 0.6) is 0 Å². The minimum absolute atomic E-state index is 0.0721. The lowest BCUT2D eigenvalue weighted by molar-refractivity contribution is -0.157. The van der Waals surface area contributed by atoms with E-state index in [1.54, 1.807) is 27.7 Å². The Morgan fingerprint density at radius 1 is 1.27 bits per heavy atom. The van der Waals surface area contributed by atoms with E-state index in [0.29, 0.717) is 5.69 Å². The Balaban J connectivity index is 2.46. The molecule has 122 valence electrons. The topological polar surface area (TPSA) is 112 Å². The highest BCUT2D eigenvalue weighted by atomic mass is 16.6. The third-order valence-electron chi connectivity index (χ3n) is 2.32. The van der Waals surface area contributed by atoms with Gasteiger partial charge < -0.3 is 14.8 Å². The van der Waals surface area contributed by atoms with Crippen LogP contribution in [-0.4, -0.2) is 34.5 Å². The molecule has 9 heteroatoms. The van der Waals surface area contributed by atoms with Gasteiger partial charge in [0.15, 0.2) is 6.73 Å². The number of rotatable bonds is 4. The van der Waals surface area contributed by atoms with Crippen molar-refractivity contribution in [2.24, 2.45) is 5.41 Å². The number of aromatic nitrogens is 2. The molecule has 1 rings (SSSR count). The van der Waals surface area contributed by atoms with Crippen LogP contribution in [0, 0.1) is 5.41 Å². The monoisotopic (exact) mass is 312 g/mol. The molecule has 1 heterocycles. The second kappa shape index (κ2) is 7.43. The molecule has 0 atom stereocenters. The van der Waals surface area contributed by atoms with E-state index in [4.69, 9.17) is 4.74 Å². The Bertz CT molecular complexity index is 547. The van der Waals surface area contributed by atoms with Crippen LogP contribution in [0.25, 0.3) is 0 Å². The predicted molar refractivity (Wildman–Crippen MR) is 77.0 cm³/mol. The first-order valence-corrected chi connectivity index (χ1v) is 6.67. The van der Waals surface area contributed by atoms with Crippen molar-refractivity contribution in [3.8, 4) is 0 Å². The van der Waals surface area contributed by atoms with Gasteiger partial charge >= 0.3 is 18.1 Å². The van der Waals surface area contributed by atoms with Crippen LogP contribution in [-0.2, 0) is 21.0 Å². The Labute approximate surface area is 127 Å². The standard InChI is InChI=1S/C13H20N4O5/c1-5-21-12(20)16-11(19)15-9-6-14-17(7-9)8-22-10(18)13(2,3)4/h6-7H,5,8H2,1-4H3,(H2,15,16,19,20). The maximum absolute atomic E-state index is 11.6. The van der Waals surface area contributed by atoms with Crippen molar-refractivity contribution in [1.29, 1.82) is 0 Å². The lowest BCUT2D eigenvalue weighted by Gasteiger charge is -2.16. The summed E-state index contributed by atoms with van der Waals surface area (Å²) in [6, 6.07) is -0.746. The van der Waals surface area contributed by atoms with Crippen molar-refractivity contribution >= 4 is 23.8 Å². The van der Waals surface area contributed by atoms with Gasteiger partial charge in [0.05, 0.1) is 30.1 Å². The lowest BCUT2D eigenvalue weighted by Crippen LogP contribution is -2.34. The molecular formula is C13H20N4O5. The number of carbonyl (C=O) groups is 3. The highest BCUT2D eigenvalue weighted by Gasteiger charge is 2.23. The van der Waals surface area contributed by atoms with Crippen molar-refractivity contribution in [1.82, 2.24) is 15.1 Å². The van der Waals surface area contributed by atoms with Crippen molar-refractivity contribution in [3.63, 3.8) is 0 Å². The first-order valence-electron chi connectivity index (χ1n) is 6.67. The van der Waals surface area contributed by atoms with Crippen molar-refractivity contribution in [3.05, 3.63) is 12.4 Å². The minimum atomic E-state index is -0.841. The number of carbonyl (C=O) groups excluding carboxylic acids is 3. The summed E-state index contributed by atoms with van der Waals surface area (Å²) in [6.07, 6.45) is 1.97. The van der Waals surface area contributed by atoms with Gasteiger partial charge in [-0.2, -0.15) is 5.10 Å². The van der Waals surface area contributed by atoms with Gasteiger partial charge in [-0.3, -0.25) is 4.79 Å². The number of esters is 1. The van der Waals surface area contributed by atoms with Gasteiger partial charge in [0.1, 0.15) is 0 Å². The SMILES string of the molecule is CCOC(=O)NC(=O)Nc1cnn(COC(=O)C(C)(C)C)c1. The Hall–Kier alpha value is -2.58. The van der Waals surface area contributed by atoms with E-state index in [1.807, 2.05) is 5.32 Å². The van der Waals surface area contributed by atoms with Crippen LogP contribution >= 0.6 is 0 Å². The number of hydrogen-bond donors (Lipinski definition) is 2. The molecule has 0 aromatic carbocycles. The van der Waals surface area contributed by atoms with E-state index in [-0.39, 0.29) is 19.3 Å². The number of hydrogen-bond acceptors (Lipinski definition) is 6. The molecule has 0 bridgehead atoms. The molecule has 0 unspecified atom stereocenters. The smallest absolute Gasteiger partial charge is 0.415 e. The lowest BCUT2D eigenvalue weighted by atomic mass is 9.98. The number of alkyl carbamates (subject to hydrolysis) is 1. The fourth-order valence-corrected chi connectivity index (χ4v) is 1.26. The third kappa shape index (κ3) is 5.81. The summed E-state index contributed by atoms with van der Waals surface area (Å²) in [6.45, 7) is 6.94. The first-order chi connectivity index (χ1) is 10.2. The summed E-state index contributed by atoms with van der Waals surface area (Å²) in [7, 11) is 0. The second-order valence-electron chi connectivity index (χ2n) is 5.38. The Kier molecular flexibility index (Phi) is 5.90. The molecule has 0 radical (unpaired) electrons. The van der Waals surface area contributed by atoms with Crippen molar-refractivity contribution < 1.29 is 23.9 Å². The second-order valence-corrected chi connectivity index (χ2v) is 5.38. The number of urea groups is 1. The van der Waals surface area contributed by atoms with E-state index >= 15 is 0 Å². The summed E-state index contributed by atoms with van der Waals surface area (Å²) in [5, 5.41) is 8.29. The fourth-order valence-electron chi connectivity index (χ4n) is 1.26. The molecule has 9 nitrogen and oxygen atoms in total. The third-order valence-corrected chi connectivity index (χ3v) is 2.32. The Morgan fingerprint density at radius 3 is 2.55 bits per heavy atom. The van der Waals surface area contributed by atoms with Gasteiger partial charge in [-0.25, -0.2) is 19.6 Å². The van der Waals surface area contributed by atoms with E-state index in [0.717, 1.165) is 0 Å². The van der Waals surface area contributed by atoms with Gasteiger partial charge in [-0.05, 0) is 27.7 Å². The molecule has 0 fully saturated rings. The zero-order valence-electron chi connectivity index (χ0n) is 13.0. The summed E-state index contributed by atoms with van der Waals surface area (Å²) in [4.78, 5) is 34.1. The van der Waals surface area contributed by atoms with Crippen LogP contribution in [0.4, 0.5) is 15.3 Å². The first kappa shape index (κ1) is 17.5. The van der Waals surface area contributed by atoms with Crippen LogP contribution in [0.1, 0.15) is 27.7 Å². The van der Waals surface area contributed by atoms with Crippen LogP contribution in [0.3, 0.4) is 0 Å². The van der Waals surface area contributed by atoms with Gasteiger partial charge in [-0.15, -0.1) is 0 Å². The number of nitrogens with one attached hydrogen (secondary N) is 2. The summed E-state index contributed by atoms with van der Waals surface area (Å²) < 4.78 is 11.0. The Morgan fingerprint density at radius 2 is 1.95 bits per heavy atom. The average Bonchev–Trinajstić information content (AvgIpc) is 2.82. The van der Waals surface area contributed by atoms with E-state index in [2.05, 4.69) is 15.2 Å². The number of ether oxygens (including phenoxy) is 2. The highest BCUT2D eigenvalue weighted by Crippen LogP contribution is 2.15. The molecule has 2 N–H and O–H groups in total. The molecule has 3 amide bonds. The quantitative estimate of drug-likeness (QED) is 0.819. The normalized spacial score (nSPS) is 10.7. The molecule has 1 aromatic rings. The van der Waals surface area contributed by atoms with Crippen LogP contribution < -0.4 is 10.6 Å². The number of anilines is 1. The molecule has 0 saturated carbocycles. The van der Waals surface area contributed by atoms with Crippen LogP contribution in [0.15, 0.2) is 12.4 Å². The molecule has 1 aromatic heterocycles. The maximum atomic E-state index is 11.6. The molecule has 0 aliphatic carbocycles. The van der Waals surface area contributed by atoms with Gasteiger partial charge in [-0.1, -0.05) is 0 Å². The van der Waals surface area contributed by atoms with E-state index < -0.39 is 17.5 Å². The van der Waals surface area contributed by atoms with Crippen molar-refractivity contribution in [2.45, 2.75) is 34.4 Å². The highest BCUT2D eigenvalue weighted by molar-refractivity contribution is 5.98. The fraction of sp³-hybridized carbons (Fsp3) is 0.538. The summed E-state index contributed by atoms with van der Waals surface area (Å²) in [5.41, 5.74) is -0.262. The summed E-state index contributed by atoms with van der Waals surface area (Å²) >= 11 is 0. The molecule has 0 aliphatic rings. The zero-order chi connectivity index (χ0) is 16.8. The molecule has 0 spiro atoms. The molecule has 22 heavy (non-hydrogen) atoms. The molecular weight excluding hydrogens is 292 g/mol. The van der Waals surface area contributed by atoms with Crippen LogP contribution in [0.2, 0.25) is 0 Å². The number of amides is 3. The number of imide groups is 1. The van der Waals surface area contributed by atoms with Gasteiger partial charge in [0.25, 0.3) is 0 Å². The van der Waals surface area contributed by atoms with E-state index in [9.17, 15) is 14.4 Å². The van der Waals surface area contributed by atoms with Gasteiger partial charge in [0, 0.05) is 0 Å².